The highest BCUT2D eigenvalue weighted by atomic mass is 16.3. The van der Waals surface area contributed by atoms with Crippen LogP contribution in [0.5, 0.6) is 0 Å². The maximum absolute atomic E-state index is 12.1. The van der Waals surface area contributed by atoms with E-state index in [1.807, 2.05) is 31.3 Å². The number of nitrogens with one attached hydrogen (secondary N) is 1. The number of urea groups is 1. The van der Waals surface area contributed by atoms with Crippen LogP contribution in [0.15, 0.2) is 24.3 Å². The van der Waals surface area contributed by atoms with Gasteiger partial charge in [-0.15, -0.1) is 0 Å². The molecule has 0 spiro atoms. The fourth-order valence-corrected chi connectivity index (χ4v) is 1.61. The lowest BCUT2D eigenvalue weighted by atomic mass is 10.2. The highest BCUT2D eigenvalue weighted by Gasteiger charge is 2.16. The molecule has 1 aromatic rings. The number of hydrogen-bond acceptors (Lipinski definition) is 3. The number of rotatable bonds is 5. The van der Waals surface area contributed by atoms with Crippen LogP contribution in [0.4, 0.5) is 16.2 Å². The normalized spacial score (nSPS) is 11.8. The van der Waals surface area contributed by atoms with Gasteiger partial charge in [-0.1, -0.05) is 12.1 Å². The number of likely N-dealkylation sites (N-methyl/N-ethyl adjacent to an activating group) is 1. The quantitative estimate of drug-likeness (QED) is 0.856. The van der Waals surface area contributed by atoms with Crippen molar-refractivity contribution in [2.75, 3.05) is 37.5 Å². The highest BCUT2D eigenvalue weighted by molar-refractivity contribution is 5.93. The molecule has 2 N–H and O–H groups in total. The molecule has 0 aromatic heterocycles. The summed E-state index contributed by atoms with van der Waals surface area (Å²) in [5.74, 6) is 0. The van der Waals surface area contributed by atoms with Crippen LogP contribution in [-0.4, -0.2) is 49.3 Å². The number of anilines is 2. The predicted molar refractivity (Wildman–Crippen MR) is 78.7 cm³/mol. The van der Waals surface area contributed by atoms with Crippen molar-refractivity contribution in [2.24, 2.45) is 0 Å². The van der Waals surface area contributed by atoms with E-state index < -0.39 is 0 Å². The van der Waals surface area contributed by atoms with Gasteiger partial charge in [-0.25, -0.2) is 4.79 Å². The summed E-state index contributed by atoms with van der Waals surface area (Å²) >= 11 is 0. The molecule has 106 valence electrons. The first kappa shape index (κ1) is 15.3. The highest BCUT2D eigenvalue weighted by Crippen LogP contribution is 2.24. The zero-order valence-corrected chi connectivity index (χ0v) is 12.1. The third kappa shape index (κ3) is 3.86. The molecule has 19 heavy (non-hydrogen) atoms. The van der Waals surface area contributed by atoms with Gasteiger partial charge in [0.1, 0.15) is 0 Å². The maximum atomic E-state index is 12.1. The zero-order valence-electron chi connectivity index (χ0n) is 12.1. The minimum absolute atomic E-state index is 0.0551. The van der Waals surface area contributed by atoms with Gasteiger partial charge in [-0.3, -0.25) is 0 Å². The number of para-hydroxylation sites is 2. The van der Waals surface area contributed by atoms with Crippen molar-refractivity contribution in [3.05, 3.63) is 24.3 Å². The minimum atomic E-state index is -0.224. The second-order valence-electron chi connectivity index (χ2n) is 4.60. The molecule has 0 aliphatic heterocycles. The molecule has 0 saturated carbocycles. The Morgan fingerprint density at radius 1 is 1.37 bits per heavy atom. The van der Waals surface area contributed by atoms with Crippen LogP contribution < -0.4 is 10.2 Å². The summed E-state index contributed by atoms with van der Waals surface area (Å²) in [5, 5.41) is 11.9. The van der Waals surface area contributed by atoms with Crippen LogP contribution in [-0.2, 0) is 0 Å². The largest absolute Gasteiger partial charge is 0.394 e. The van der Waals surface area contributed by atoms with Crippen LogP contribution in [0.3, 0.4) is 0 Å². The Labute approximate surface area is 114 Å². The number of hydrogen-bond donors (Lipinski definition) is 2. The summed E-state index contributed by atoms with van der Waals surface area (Å²) in [6, 6.07) is 7.23. The predicted octanol–water partition coefficient (Wildman–Crippen LogP) is 1.99. The van der Waals surface area contributed by atoms with Gasteiger partial charge in [0, 0.05) is 20.6 Å². The molecule has 0 fully saturated rings. The number of amides is 2. The van der Waals surface area contributed by atoms with Crippen LogP contribution in [0.1, 0.15) is 13.8 Å². The fraction of sp³-hybridized carbons (Fsp3) is 0.500. The van der Waals surface area contributed by atoms with E-state index >= 15 is 0 Å². The maximum Gasteiger partial charge on any atom is 0.321 e. The fourth-order valence-electron chi connectivity index (χ4n) is 1.61. The van der Waals surface area contributed by atoms with Gasteiger partial charge in [0.05, 0.1) is 24.0 Å². The molecule has 1 rings (SSSR count). The molecule has 0 aliphatic rings. The number of carbonyl (C=O) groups excluding carboxylic acids is 1. The second kappa shape index (κ2) is 6.99. The van der Waals surface area contributed by atoms with E-state index in [9.17, 15) is 4.79 Å². The molecule has 5 nitrogen and oxygen atoms in total. The Morgan fingerprint density at radius 3 is 2.58 bits per heavy atom. The van der Waals surface area contributed by atoms with Gasteiger partial charge in [0.2, 0.25) is 0 Å². The van der Waals surface area contributed by atoms with Crippen molar-refractivity contribution in [2.45, 2.75) is 19.9 Å². The van der Waals surface area contributed by atoms with E-state index in [0.717, 1.165) is 17.9 Å². The summed E-state index contributed by atoms with van der Waals surface area (Å²) in [4.78, 5) is 15.6. The SMILES string of the molecule is CCN(C)c1ccccc1NC(=O)N(C)C(C)CO. The third-order valence-corrected chi connectivity index (χ3v) is 3.28. The molecule has 1 atom stereocenters. The molecular weight excluding hydrogens is 242 g/mol. The molecule has 2 amide bonds. The van der Waals surface area contributed by atoms with Crippen molar-refractivity contribution < 1.29 is 9.90 Å². The Hall–Kier alpha value is -1.75. The molecular formula is C14H23N3O2. The average Bonchev–Trinajstić information content (AvgIpc) is 2.45. The van der Waals surface area contributed by atoms with Crippen LogP contribution in [0, 0.1) is 0 Å². The molecule has 5 heteroatoms. The second-order valence-corrected chi connectivity index (χ2v) is 4.60. The molecule has 1 aromatic carbocycles. The Balaban J connectivity index is 2.85. The van der Waals surface area contributed by atoms with Gasteiger partial charge in [-0.2, -0.15) is 0 Å². The number of aliphatic hydroxyl groups is 1. The molecule has 0 aliphatic carbocycles. The van der Waals surface area contributed by atoms with Crippen LogP contribution >= 0.6 is 0 Å². The minimum Gasteiger partial charge on any atom is -0.394 e. The van der Waals surface area contributed by atoms with E-state index in [4.69, 9.17) is 5.11 Å². The van der Waals surface area contributed by atoms with Crippen molar-refractivity contribution in [3.63, 3.8) is 0 Å². The monoisotopic (exact) mass is 265 g/mol. The van der Waals surface area contributed by atoms with Gasteiger partial charge >= 0.3 is 6.03 Å². The van der Waals surface area contributed by atoms with Crippen LogP contribution in [0.2, 0.25) is 0 Å². The number of carbonyl (C=O) groups is 1. The van der Waals surface area contributed by atoms with E-state index in [-0.39, 0.29) is 18.7 Å². The lowest BCUT2D eigenvalue weighted by Crippen LogP contribution is -2.40. The smallest absolute Gasteiger partial charge is 0.321 e. The summed E-state index contributed by atoms with van der Waals surface area (Å²) in [6.07, 6.45) is 0. The van der Waals surface area contributed by atoms with Gasteiger partial charge in [-0.05, 0) is 26.0 Å². The standard InChI is InChI=1S/C14H23N3O2/c1-5-16(3)13-9-7-6-8-12(13)15-14(19)17(4)11(2)10-18/h6-9,11,18H,5,10H2,1-4H3,(H,15,19). The molecule has 0 radical (unpaired) electrons. The van der Waals surface area contributed by atoms with E-state index in [2.05, 4.69) is 17.1 Å². The lowest BCUT2D eigenvalue weighted by molar-refractivity contribution is 0.166. The van der Waals surface area contributed by atoms with Gasteiger partial charge in [0.15, 0.2) is 0 Å². The summed E-state index contributed by atoms with van der Waals surface area (Å²) in [5.41, 5.74) is 1.75. The van der Waals surface area contributed by atoms with E-state index in [0.29, 0.717) is 0 Å². The van der Waals surface area contributed by atoms with Gasteiger partial charge in [0.25, 0.3) is 0 Å². The first-order valence-corrected chi connectivity index (χ1v) is 6.46. The first-order valence-electron chi connectivity index (χ1n) is 6.46. The average molecular weight is 265 g/mol. The number of nitrogens with zero attached hydrogens (tertiary/aromatic N) is 2. The van der Waals surface area contributed by atoms with Crippen LogP contribution in [0.25, 0.3) is 0 Å². The summed E-state index contributed by atoms with van der Waals surface area (Å²) in [6.45, 7) is 4.65. The Morgan fingerprint density at radius 2 is 2.00 bits per heavy atom. The molecule has 0 bridgehead atoms. The molecule has 0 saturated heterocycles. The first-order chi connectivity index (χ1) is 9.01. The number of benzene rings is 1. The third-order valence-electron chi connectivity index (χ3n) is 3.28. The zero-order chi connectivity index (χ0) is 14.4. The van der Waals surface area contributed by atoms with Gasteiger partial charge < -0.3 is 20.2 Å². The molecule has 1 unspecified atom stereocenters. The van der Waals surface area contributed by atoms with Crippen molar-refractivity contribution >= 4 is 17.4 Å². The van der Waals surface area contributed by atoms with Crippen molar-refractivity contribution in [1.82, 2.24) is 4.90 Å². The molecule has 0 heterocycles. The topological polar surface area (TPSA) is 55.8 Å². The Kier molecular flexibility index (Phi) is 5.63. The summed E-state index contributed by atoms with van der Waals surface area (Å²) in [7, 11) is 3.65. The van der Waals surface area contributed by atoms with E-state index in [1.165, 1.54) is 4.90 Å². The van der Waals surface area contributed by atoms with Crippen molar-refractivity contribution in [3.8, 4) is 0 Å². The number of aliphatic hydroxyl groups excluding tert-OH is 1. The van der Waals surface area contributed by atoms with E-state index in [1.54, 1.807) is 14.0 Å². The Bertz CT molecular complexity index is 423. The lowest BCUT2D eigenvalue weighted by Gasteiger charge is -2.26. The van der Waals surface area contributed by atoms with Crippen molar-refractivity contribution in [1.29, 1.82) is 0 Å². The summed E-state index contributed by atoms with van der Waals surface area (Å²) < 4.78 is 0.